The van der Waals surface area contributed by atoms with Crippen LogP contribution in [0.5, 0.6) is 0 Å². The van der Waals surface area contributed by atoms with E-state index in [0.29, 0.717) is 0 Å². The van der Waals surface area contributed by atoms with Gasteiger partial charge in [-0.05, 0) is 31.7 Å². The van der Waals surface area contributed by atoms with Crippen LogP contribution in [0.4, 0.5) is 0 Å². The van der Waals surface area contributed by atoms with Crippen molar-refractivity contribution in [3.05, 3.63) is 72.9 Å². The van der Waals surface area contributed by atoms with Gasteiger partial charge in [0, 0.05) is 0 Å². The first-order valence-electron chi connectivity index (χ1n) is 8.64. The number of aryl methyl sites for hydroxylation is 1. The zero-order chi connectivity index (χ0) is 17.6. The van der Waals surface area contributed by atoms with E-state index in [4.69, 9.17) is 0 Å². The van der Waals surface area contributed by atoms with Crippen molar-refractivity contribution < 1.29 is 0 Å². The predicted octanol–water partition coefficient (Wildman–Crippen LogP) is 7.78. The van der Waals surface area contributed by atoms with Crippen LogP contribution in [0.3, 0.4) is 0 Å². The Kier molecular flexibility index (Phi) is 28.2. The van der Waals surface area contributed by atoms with E-state index in [1.165, 1.54) is 24.0 Å². The first-order chi connectivity index (χ1) is 10.8. The van der Waals surface area contributed by atoms with Gasteiger partial charge in [-0.2, -0.15) is 0 Å². The van der Waals surface area contributed by atoms with Crippen molar-refractivity contribution in [1.82, 2.24) is 0 Å². The Labute approximate surface area is 140 Å². The molecule has 0 fully saturated rings. The molecule has 1 rings (SSSR count). The molecule has 0 radical (unpaired) electrons. The lowest BCUT2D eigenvalue weighted by molar-refractivity contribution is 0.922. The molecule has 0 saturated heterocycles. The molecule has 0 bridgehead atoms. The minimum absolute atomic E-state index is 1.14. The average Bonchev–Trinajstić information content (AvgIpc) is 2.63. The Bertz CT molecular complexity index is 344. The zero-order valence-electron chi connectivity index (χ0n) is 15.9. The first-order valence-corrected chi connectivity index (χ1v) is 8.64. The van der Waals surface area contributed by atoms with Gasteiger partial charge in [0.05, 0.1) is 0 Å². The van der Waals surface area contributed by atoms with E-state index in [0.717, 1.165) is 12.8 Å². The second-order valence-corrected chi connectivity index (χ2v) is 4.26. The normalized spacial score (nSPS) is 9.64. The lowest BCUT2D eigenvalue weighted by Crippen LogP contribution is -1.75. The Balaban J connectivity index is -0.000000270. The summed E-state index contributed by atoms with van der Waals surface area (Å²) in [7, 11) is 0. The van der Waals surface area contributed by atoms with Gasteiger partial charge in [0.2, 0.25) is 0 Å². The summed E-state index contributed by atoms with van der Waals surface area (Å²) >= 11 is 0. The van der Waals surface area contributed by atoms with Crippen LogP contribution >= 0.6 is 0 Å². The van der Waals surface area contributed by atoms with E-state index in [9.17, 15) is 0 Å². The minimum atomic E-state index is 1.14. The highest BCUT2D eigenvalue weighted by molar-refractivity contribution is 5.17. The minimum Gasteiger partial charge on any atom is -0.106 e. The van der Waals surface area contributed by atoms with Crippen molar-refractivity contribution in [2.75, 3.05) is 0 Å². The van der Waals surface area contributed by atoms with Crippen molar-refractivity contribution in [2.45, 2.75) is 67.2 Å². The molecule has 22 heavy (non-hydrogen) atoms. The molecule has 0 unspecified atom stereocenters. The Morgan fingerprint density at radius 2 is 1.55 bits per heavy atom. The monoisotopic (exact) mass is 302 g/mol. The third-order valence-electron chi connectivity index (χ3n) is 2.73. The molecular weight excluding hydrogens is 264 g/mol. The number of hydrogen-bond donors (Lipinski definition) is 0. The summed E-state index contributed by atoms with van der Waals surface area (Å²) in [5, 5.41) is 0. The van der Waals surface area contributed by atoms with E-state index in [-0.39, 0.29) is 0 Å². The highest BCUT2D eigenvalue weighted by Gasteiger charge is 1.85. The molecule has 0 heteroatoms. The van der Waals surface area contributed by atoms with Crippen LogP contribution in [0.25, 0.3) is 0 Å². The SMILES string of the molecule is C/C=C(\C=C/CC)CCC.C=C.CC.CCc1ccccc1. The Hall–Kier alpha value is -1.56. The van der Waals surface area contributed by atoms with E-state index < -0.39 is 0 Å². The van der Waals surface area contributed by atoms with Crippen molar-refractivity contribution in [2.24, 2.45) is 0 Å². The van der Waals surface area contributed by atoms with E-state index in [2.05, 4.69) is 83.3 Å². The molecule has 0 amide bonds. The van der Waals surface area contributed by atoms with Gasteiger partial charge in [-0.25, -0.2) is 0 Å². The number of allylic oxidation sites excluding steroid dienone is 4. The Morgan fingerprint density at radius 3 is 1.86 bits per heavy atom. The number of benzene rings is 1. The second kappa shape index (κ2) is 24.5. The predicted molar refractivity (Wildman–Crippen MR) is 107 cm³/mol. The highest BCUT2D eigenvalue weighted by Crippen LogP contribution is 2.05. The van der Waals surface area contributed by atoms with Crippen LogP contribution in [0.2, 0.25) is 0 Å². The molecule has 0 saturated carbocycles. The van der Waals surface area contributed by atoms with E-state index in [1.54, 1.807) is 0 Å². The second-order valence-electron chi connectivity index (χ2n) is 4.26. The standard InChI is InChI=1S/C10H18.C8H10.C2H6.C2H4/c1-4-7-9-10(6-3)8-5-2;1-2-8-6-4-3-5-7-8;2*1-2/h6-7,9H,4-5,8H2,1-3H3;3-7H,2H2,1H3;1-2H3;1-2H2/b9-7-,10-6-;;;. The summed E-state index contributed by atoms with van der Waals surface area (Å²) in [5.74, 6) is 0. The van der Waals surface area contributed by atoms with Gasteiger partial charge >= 0.3 is 0 Å². The zero-order valence-corrected chi connectivity index (χ0v) is 15.9. The summed E-state index contributed by atoms with van der Waals surface area (Å²) in [5.41, 5.74) is 2.87. The van der Waals surface area contributed by atoms with Crippen LogP contribution in [0, 0.1) is 0 Å². The molecule has 1 aromatic carbocycles. The molecule has 0 spiro atoms. The smallest absolute Gasteiger partial charge is 0.0285 e. The van der Waals surface area contributed by atoms with Crippen LogP contribution in [0.15, 0.2) is 67.3 Å². The fourth-order valence-corrected chi connectivity index (χ4v) is 1.60. The number of rotatable bonds is 5. The van der Waals surface area contributed by atoms with Crippen molar-refractivity contribution in [1.29, 1.82) is 0 Å². The van der Waals surface area contributed by atoms with E-state index >= 15 is 0 Å². The third kappa shape index (κ3) is 18.4. The van der Waals surface area contributed by atoms with Gasteiger partial charge in [0.1, 0.15) is 0 Å². The van der Waals surface area contributed by atoms with Crippen LogP contribution in [-0.4, -0.2) is 0 Å². The van der Waals surface area contributed by atoms with Crippen LogP contribution < -0.4 is 0 Å². The summed E-state index contributed by atoms with van der Waals surface area (Å²) < 4.78 is 0. The molecule has 0 heterocycles. The van der Waals surface area contributed by atoms with E-state index in [1.807, 2.05) is 19.9 Å². The van der Waals surface area contributed by atoms with Gasteiger partial charge in [-0.3, -0.25) is 0 Å². The quantitative estimate of drug-likeness (QED) is 0.385. The molecule has 0 aliphatic rings. The molecule has 0 nitrogen and oxygen atoms in total. The maximum Gasteiger partial charge on any atom is -0.0285 e. The summed E-state index contributed by atoms with van der Waals surface area (Å²) in [6, 6.07) is 10.5. The molecular formula is C22H38. The largest absolute Gasteiger partial charge is 0.106 e. The van der Waals surface area contributed by atoms with Crippen LogP contribution in [-0.2, 0) is 6.42 Å². The summed E-state index contributed by atoms with van der Waals surface area (Å²) in [6.45, 7) is 18.6. The van der Waals surface area contributed by atoms with Gasteiger partial charge in [0.25, 0.3) is 0 Å². The fourth-order valence-electron chi connectivity index (χ4n) is 1.60. The molecule has 0 N–H and O–H groups in total. The van der Waals surface area contributed by atoms with Crippen LogP contribution in [0.1, 0.15) is 66.4 Å². The van der Waals surface area contributed by atoms with Gasteiger partial charge in [0.15, 0.2) is 0 Å². The summed E-state index contributed by atoms with van der Waals surface area (Å²) in [6.07, 6.45) is 11.4. The lowest BCUT2D eigenvalue weighted by atomic mass is 10.1. The highest BCUT2D eigenvalue weighted by atomic mass is 13.9. The van der Waals surface area contributed by atoms with Crippen molar-refractivity contribution in [3.8, 4) is 0 Å². The molecule has 126 valence electrons. The molecule has 0 aliphatic heterocycles. The molecule has 0 atom stereocenters. The topological polar surface area (TPSA) is 0 Å². The lowest BCUT2D eigenvalue weighted by Gasteiger charge is -1.95. The van der Waals surface area contributed by atoms with Gasteiger partial charge in [-0.1, -0.05) is 95.2 Å². The molecule has 0 aliphatic carbocycles. The van der Waals surface area contributed by atoms with Gasteiger partial charge < -0.3 is 0 Å². The maximum atomic E-state index is 3.00. The molecule has 0 aromatic heterocycles. The Morgan fingerprint density at radius 1 is 1.00 bits per heavy atom. The summed E-state index contributed by atoms with van der Waals surface area (Å²) in [4.78, 5) is 0. The third-order valence-corrected chi connectivity index (χ3v) is 2.73. The average molecular weight is 303 g/mol. The number of hydrogen-bond acceptors (Lipinski definition) is 0. The van der Waals surface area contributed by atoms with Gasteiger partial charge in [-0.15, -0.1) is 13.2 Å². The fraction of sp³-hybridized carbons (Fsp3) is 0.455. The molecule has 1 aromatic rings. The maximum absolute atomic E-state index is 3.00. The van der Waals surface area contributed by atoms with Crippen molar-refractivity contribution >= 4 is 0 Å². The first kappa shape index (κ1) is 25.4. The van der Waals surface area contributed by atoms with Crippen molar-refractivity contribution in [3.63, 3.8) is 0 Å².